The molecule has 0 saturated heterocycles. The Balaban J connectivity index is 2.09. The molecule has 0 bridgehead atoms. The first-order valence-corrected chi connectivity index (χ1v) is 8.37. The second kappa shape index (κ2) is 7.63. The highest BCUT2D eigenvalue weighted by Crippen LogP contribution is 2.38. The van der Waals surface area contributed by atoms with Crippen LogP contribution in [0.5, 0.6) is 5.75 Å². The van der Waals surface area contributed by atoms with Crippen LogP contribution in [-0.2, 0) is 28.8 Å². The highest BCUT2D eigenvalue weighted by molar-refractivity contribution is 7.46. The highest BCUT2D eigenvalue weighted by Gasteiger charge is 2.17. The summed E-state index contributed by atoms with van der Waals surface area (Å²) in [5.41, 5.74) is 2.16. The van der Waals surface area contributed by atoms with Crippen LogP contribution in [0.15, 0.2) is 30.6 Å². The molecule has 0 radical (unpaired) electrons. The predicted octanol–water partition coefficient (Wildman–Crippen LogP) is 1.39. The summed E-state index contributed by atoms with van der Waals surface area (Å²) in [4.78, 5) is 25.8. The van der Waals surface area contributed by atoms with Gasteiger partial charge in [0.1, 0.15) is 5.75 Å². The maximum absolute atomic E-state index is 10.8. The molecule has 0 aliphatic heterocycles. The summed E-state index contributed by atoms with van der Waals surface area (Å²) in [5, 5.41) is 13.3. The number of aryl methyl sites for hydroxylation is 1. The van der Waals surface area contributed by atoms with Crippen molar-refractivity contribution >= 4 is 7.82 Å². The summed E-state index contributed by atoms with van der Waals surface area (Å²) in [7, 11) is -4.59. The minimum Gasteiger partial charge on any atom is -0.506 e. The van der Waals surface area contributed by atoms with Crippen molar-refractivity contribution in [3.8, 4) is 5.75 Å². The van der Waals surface area contributed by atoms with E-state index in [0.29, 0.717) is 23.4 Å². The van der Waals surface area contributed by atoms with Gasteiger partial charge < -0.3 is 20.2 Å². The number of aromatic hydroxyl groups is 1. The molecule has 0 amide bonds. The van der Waals surface area contributed by atoms with Crippen molar-refractivity contribution in [3.05, 3.63) is 53.1 Å². The Morgan fingerprint density at radius 2 is 2.04 bits per heavy atom. The number of rotatable bonds is 7. The van der Waals surface area contributed by atoms with E-state index in [1.807, 2.05) is 18.2 Å². The number of phosphoric acid groups is 1. The summed E-state index contributed by atoms with van der Waals surface area (Å²) in [5.74, 6) is -0.0228. The Morgan fingerprint density at radius 3 is 2.70 bits per heavy atom. The fraction of sp³-hybridized carbons (Fsp3) is 0.286. The van der Waals surface area contributed by atoms with E-state index in [0.717, 1.165) is 5.69 Å². The summed E-state index contributed by atoms with van der Waals surface area (Å²) < 4.78 is 15.3. The number of nitrogens with one attached hydrogen (secondary N) is 1. The topological polar surface area (TPSA) is 125 Å². The molecule has 2 rings (SSSR count). The monoisotopic (exact) mass is 339 g/mol. The van der Waals surface area contributed by atoms with E-state index in [-0.39, 0.29) is 18.9 Å². The predicted molar refractivity (Wildman–Crippen MR) is 82.3 cm³/mol. The fourth-order valence-corrected chi connectivity index (χ4v) is 2.29. The number of aromatic nitrogens is 2. The van der Waals surface area contributed by atoms with E-state index in [4.69, 9.17) is 9.79 Å². The van der Waals surface area contributed by atoms with Gasteiger partial charge in [0, 0.05) is 36.6 Å². The van der Waals surface area contributed by atoms with Crippen LogP contribution in [0.1, 0.15) is 22.5 Å². The molecule has 2 heterocycles. The molecule has 2 aromatic rings. The lowest BCUT2D eigenvalue weighted by molar-refractivity contribution is 0.188. The lowest BCUT2D eigenvalue weighted by Crippen LogP contribution is -2.16. The zero-order chi connectivity index (χ0) is 16.9. The Morgan fingerprint density at radius 1 is 1.26 bits per heavy atom. The molecule has 8 nitrogen and oxygen atoms in total. The Kier molecular flexibility index (Phi) is 5.81. The summed E-state index contributed by atoms with van der Waals surface area (Å²) in [6.45, 7) is 2.07. The van der Waals surface area contributed by atoms with Gasteiger partial charge in [-0.3, -0.25) is 14.5 Å². The van der Waals surface area contributed by atoms with E-state index in [2.05, 4.69) is 19.8 Å². The molecule has 0 aromatic carbocycles. The first-order valence-electron chi connectivity index (χ1n) is 6.84. The van der Waals surface area contributed by atoms with Gasteiger partial charge in [0.15, 0.2) is 0 Å². The minimum atomic E-state index is -4.59. The van der Waals surface area contributed by atoms with Crippen molar-refractivity contribution in [3.63, 3.8) is 0 Å². The zero-order valence-corrected chi connectivity index (χ0v) is 13.4. The number of hydrogen-bond donors (Lipinski definition) is 4. The first-order chi connectivity index (χ1) is 10.9. The summed E-state index contributed by atoms with van der Waals surface area (Å²) >= 11 is 0. The second-order valence-electron chi connectivity index (χ2n) is 4.88. The number of nitrogens with zero attached hydrogens (tertiary/aromatic N) is 2. The van der Waals surface area contributed by atoms with Gasteiger partial charge in [0.25, 0.3) is 0 Å². The van der Waals surface area contributed by atoms with Gasteiger partial charge in [0.05, 0.1) is 18.0 Å². The molecular formula is C14H18N3O5P. The van der Waals surface area contributed by atoms with Crippen LogP contribution >= 0.6 is 7.82 Å². The molecule has 124 valence electrons. The smallest absolute Gasteiger partial charge is 0.469 e. The Bertz CT molecular complexity index is 705. The van der Waals surface area contributed by atoms with Gasteiger partial charge in [-0.2, -0.15) is 0 Å². The minimum absolute atomic E-state index is 0.0228. The quantitative estimate of drug-likeness (QED) is 0.558. The highest BCUT2D eigenvalue weighted by atomic mass is 31.2. The molecule has 0 saturated carbocycles. The average molecular weight is 339 g/mol. The maximum Gasteiger partial charge on any atom is 0.469 e. The van der Waals surface area contributed by atoms with Crippen molar-refractivity contribution in [2.45, 2.75) is 26.6 Å². The van der Waals surface area contributed by atoms with Gasteiger partial charge in [-0.25, -0.2) is 4.57 Å². The molecule has 9 heteroatoms. The molecule has 2 aromatic heterocycles. The number of hydrogen-bond acceptors (Lipinski definition) is 6. The molecule has 0 aliphatic rings. The Hall–Kier alpha value is -1.83. The van der Waals surface area contributed by atoms with Crippen LogP contribution in [0.25, 0.3) is 0 Å². The lowest BCUT2D eigenvalue weighted by Gasteiger charge is -2.14. The molecule has 0 unspecified atom stereocenters. The van der Waals surface area contributed by atoms with Crippen molar-refractivity contribution in [1.82, 2.24) is 15.3 Å². The fourth-order valence-electron chi connectivity index (χ4n) is 1.98. The third-order valence-electron chi connectivity index (χ3n) is 3.15. The van der Waals surface area contributed by atoms with E-state index >= 15 is 0 Å². The van der Waals surface area contributed by atoms with Crippen LogP contribution in [-0.4, -0.2) is 24.9 Å². The zero-order valence-electron chi connectivity index (χ0n) is 12.5. The van der Waals surface area contributed by atoms with Crippen LogP contribution < -0.4 is 5.32 Å². The SMILES string of the molecule is Cc1ncc(COP(=O)(O)O)c(CNCc2ccccn2)c1O. The van der Waals surface area contributed by atoms with Crippen molar-refractivity contribution in [1.29, 1.82) is 0 Å². The third kappa shape index (κ3) is 5.38. The lowest BCUT2D eigenvalue weighted by atomic mass is 10.1. The van der Waals surface area contributed by atoms with Crippen LogP contribution in [0, 0.1) is 6.92 Å². The van der Waals surface area contributed by atoms with E-state index in [1.165, 1.54) is 6.20 Å². The molecule has 23 heavy (non-hydrogen) atoms. The standard InChI is InChI=1S/C14H18N3O5P/c1-10-14(18)13(8-15-7-12-4-2-3-5-16-12)11(6-17-10)9-22-23(19,20)21/h2-6,15,18H,7-9H2,1H3,(H2,19,20,21). The number of pyridine rings is 2. The van der Waals surface area contributed by atoms with Gasteiger partial charge in [-0.15, -0.1) is 0 Å². The normalized spacial score (nSPS) is 11.6. The van der Waals surface area contributed by atoms with Gasteiger partial charge >= 0.3 is 7.82 Å². The van der Waals surface area contributed by atoms with Crippen molar-refractivity contribution in [2.24, 2.45) is 0 Å². The molecule has 4 N–H and O–H groups in total. The molecule has 0 aliphatic carbocycles. The first kappa shape index (κ1) is 17.5. The van der Waals surface area contributed by atoms with E-state index in [1.54, 1.807) is 13.1 Å². The van der Waals surface area contributed by atoms with Gasteiger partial charge in [0.2, 0.25) is 0 Å². The van der Waals surface area contributed by atoms with Gasteiger partial charge in [-0.05, 0) is 19.1 Å². The van der Waals surface area contributed by atoms with Crippen LogP contribution in [0.4, 0.5) is 0 Å². The Labute approximate surface area is 133 Å². The van der Waals surface area contributed by atoms with Crippen LogP contribution in [0.3, 0.4) is 0 Å². The molecule has 0 spiro atoms. The molecule has 0 atom stereocenters. The van der Waals surface area contributed by atoms with E-state index < -0.39 is 7.82 Å². The molecule has 0 fully saturated rings. The summed E-state index contributed by atoms with van der Waals surface area (Å²) in [6, 6.07) is 5.55. The largest absolute Gasteiger partial charge is 0.506 e. The van der Waals surface area contributed by atoms with Gasteiger partial charge in [-0.1, -0.05) is 6.07 Å². The summed E-state index contributed by atoms with van der Waals surface area (Å²) in [6.07, 6.45) is 3.12. The third-order valence-corrected chi connectivity index (χ3v) is 3.62. The second-order valence-corrected chi connectivity index (χ2v) is 6.12. The van der Waals surface area contributed by atoms with Crippen molar-refractivity contribution < 1.29 is 24.0 Å². The number of phosphoric ester groups is 1. The maximum atomic E-state index is 10.8. The molecular weight excluding hydrogens is 321 g/mol. The average Bonchev–Trinajstić information content (AvgIpc) is 2.51. The van der Waals surface area contributed by atoms with Crippen molar-refractivity contribution in [2.75, 3.05) is 0 Å². The van der Waals surface area contributed by atoms with Crippen LogP contribution in [0.2, 0.25) is 0 Å². The van der Waals surface area contributed by atoms with E-state index in [9.17, 15) is 9.67 Å².